The maximum Gasteiger partial charge on any atom is 0.277 e. The third kappa shape index (κ3) is 2.10. The molecule has 88 valence electrons. The van der Waals surface area contributed by atoms with E-state index >= 15 is 0 Å². The zero-order valence-electron chi connectivity index (χ0n) is 9.56. The number of hydrogen-bond donors (Lipinski definition) is 0. The highest BCUT2D eigenvalue weighted by molar-refractivity contribution is 14.1. The lowest BCUT2D eigenvalue weighted by Gasteiger charge is -2.03. The summed E-state index contributed by atoms with van der Waals surface area (Å²) < 4.78 is 1.21. The first-order chi connectivity index (χ1) is 8.74. The SMILES string of the molecule is O=C1N=C(Cc2ccc(I)cc2)c2ccccc21. The van der Waals surface area contributed by atoms with Crippen LogP contribution < -0.4 is 0 Å². The fourth-order valence-corrected chi connectivity index (χ4v) is 2.45. The average Bonchev–Trinajstić information content (AvgIpc) is 2.70. The molecule has 0 saturated heterocycles. The van der Waals surface area contributed by atoms with Crippen molar-refractivity contribution in [3.63, 3.8) is 0 Å². The Bertz CT molecular complexity index is 644. The van der Waals surface area contributed by atoms with Crippen LogP contribution >= 0.6 is 22.6 Å². The summed E-state index contributed by atoms with van der Waals surface area (Å²) in [5, 5.41) is 0. The molecular weight excluding hydrogens is 337 g/mol. The van der Waals surface area contributed by atoms with E-state index in [4.69, 9.17) is 0 Å². The number of fused-ring (bicyclic) bond motifs is 1. The minimum atomic E-state index is -0.119. The first kappa shape index (κ1) is 11.6. The van der Waals surface area contributed by atoms with Crippen molar-refractivity contribution in [2.24, 2.45) is 4.99 Å². The fourth-order valence-electron chi connectivity index (χ4n) is 2.09. The monoisotopic (exact) mass is 347 g/mol. The Morgan fingerprint density at radius 2 is 1.61 bits per heavy atom. The number of nitrogens with zero attached hydrogens (tertiary/aromatic N) is 1. The molecule has 0 spiro atoms. The van der Waals surface area contributed by atoms with E-state index in [1.54, 1.807) is 0 Å². The van der Waals surface area contributed by atoms with Gasteiger partial charge in [-0.2, -0.15) is 0 Å². The average molecular weight is 347 g/mol. The molecule has 2 aromatic carbocycles. The molecule has 0 saturated carbocycles. The number of carbonyl (C=O) groups is 1. The molecule has 0 unspecified atom stereocenters. The Hall–Kier alpha value is -1.49. The standard InChI is InChI=1S/C15H10INO/c16-11-7-5-10(6-8-11)9-14-12-3-1-2-4-13(12)15(18)17-14/h1-8H,9H2. The van der Waals surface area contributed by atoms with Gasteiger partial charge in [0.2, 0.25) is 0 Å². The second-order valence-electron chi connectivity index (χ2n) is 4.21. The van der Waals surface area contributed by atoms with E-state index in [2.05, 4.69) is 51.8 Å². The van der Waals surface area contributed by atoms with Crippen molar-refractivity contribution in [3.8, 4) is 0 Å². The van der Waals surface area contributed by atoms with E-state index in [-0.39, 0.29) is 5.91 Å². The summed E-state index contributed by atoms with van der Waals surface area (Å²) >= 11 is 2.28. The van der Waals surface area contributed by atoms with E-state index < -0.39 is 0 Å². The van der Waals surface area contributed by atoms with Crippen LogP contribution in [0.4, 0.5) is 0 Å². The summed E-state index contributed by atoms with van der Waals surface area (Å²) in [7, 11) is 0. The van der Waals surface area contributed by atoms with Crippen molar-refractivity contribution in [3.05, 3.63) is 68.8 Å². The van der Waals surface area contributed by atoms with Gasteiger partial charge in [-0.25, -0.2) is 4.99 Å². The summed E-state index contributed by atoms with van der Waals surface area (Å²) in [6.07, 6.45) is 0.708. The molecule has 0 N–H and O–H groups in total. The van der Waals surface area contributed by atoms with Crippen LogP contribution in [0.15, 0.2) is 53.5 Å². The molecule has 1 heterocycles. The van der Waals surface area contributed by atoms with Crippen LogP contribution in [0.2, 0.25) is 0 Å². The Morgan fingerprint density at radius 1 is 0.944 bits per heavy atom. The molecule has 0 atom stereocenters. The number of amides is 1. The number of halogens is 1. The van der Waals surface area contributed by atoms with E-state index in [0.29, 0.717) is 6.42 Å². The third-order valence-corrected chi connectivity index (χ3v) is 3.71. The molecule has 1 aliphatic heterocycles. The second kappa shape index (κ2) is 4.65. The third-order valence-electron chi connectivity index (χ3n) is 2.99. The smallest absolute Gasteiger partial charge is 0.267 e. The number of hydrogen-bond acceptors (Lipinski definition) is 1. The predicted molar refractivity (Wildman–Crippen MR) is 80.2 cm³/mol. The minimum Gasteiger partial charge on any atom is -0.267 e. The normalized spacial score (nSPS) is 13.4. The Balaban J connectivity index is 1.93. The van der Waals surface area contributed by atoms with E-state index in [0.717, 1.165) is 16.8 Å². The highest BCUT2D eigenvalue weighted by Crippen LogP contribution is 2.21. The van der Waals surface area contributed by atoms with Gasteiger partial charge in [0.05, 0.1) is 11.3 Å². The van der Waals surface area contributed by atoms with Gasteiger partial charge in [0.1, 0.15) is 0 Å². The van der Waals surface area contributed by atoms with Gasteiger partial charge in [0.25, 0.3) is 5.91 Å². The van der Waals surface area contributed by atoms with Crippen LogP contribution in [0.1, 0.15) is 21.5 Å². The Labute approximate surface area is 119 Å². The summed E-state index contributed by atoms with van der Waals surface area (Å²) in [5.74, 6) is -0.119. The van der Waals surface area contributed by atoms with Crippen molar-refractivity contribution >= 4 is 34.2 Å². The van der Waals surface area contributed by atoms with E-state index in [1.165, 1.54) is 9.13 Å². The number of carbonyl (C=O) groups excluding carboxylic acids is 1. The number of benzene rings is 2. The maximum atomic E-state index is 11.7. The van der Waals surface area contributed by atoms with Crippen LogP contribution in [0, 0.1) is 3.57 Å². The summed E-state index contributed by atoms with van der Waals surface area (Å²) in [6.45, 7) is 0. The molecule has 0 aromatic heterocycles. The summed E-state index contributed by atoms with van der Waals surface area (Å²) in [4.78, 5) is 15.9. The molecule has 2 aromatic rings. The summed E-state index contributed by atoms with van der Waals surface area (Å²) in [6, 6.07) is 15.9. The minimum absolute atomic E-state index is 0.119. The predicted octanol–water partition coefficient (Wildman–Crippen LogP) is 3.48. The first-order valence-electron chi connectivity index (χ1n) is 5.70. The van der Waals surface area contributed by atoms with Gasteiger partial charge in [0, 0.05) is 15.6 Å². The maximum absolute atomic E-state index is 11.7. The topological polar surface area (TPSA) is 29.4 Å². The second-order valence-corrected chi connectivity index (χ2v) is 5.46. The number of aliphatic imine (C=N–C) groups is 1. The molecule has 18 heavy (non-hydrogen) atoms. The van der Waals surface area contributed by atoms with Crippen LogP contribution in [0.25, 0.3) is 0 Å². The van der Waals surface area contributed by atoms with Gasteiger partial charge in [-0.05, 0) is 46.4 Å². The van der Waals surface area contributed by atoms with Crippen LogP contribution in [-0.2, 0) is 6.42 Å². The van der Waals surface area contributed by atoms with Crippen LogP contribution in [-0.4, -0.2) is 11.6 Å². The van der Waals surface area contributed by atoms with Gasteiger partial charge in [-0.1, -0.05) is 30.3 Å². The Kier molecular flexibility index (Phi) is 2.99. The first-order valence-corrected chi connectivity index (χ1v) is 6.77. The van der Waals surface area contributed by atoms with Gasteiger partial charge in [-0.3, -0.25) is 4.79 Å². The largest absolute Gasteiger partial charge is 0.277 e. The van der Waals surface area contributed by atoms with E-state index in [1.807, 2.05) is 24.3 Å². The highest BCUT2D eigenvalue weighted by atomic mass is 127. The van der Waals surface area contributed by atoms with Gasteiger partial charge >= 0.3 is 0 Å². The van der Waals surface area contributed by atoms with Gasteiger partial charge < -0.3 is 0 Å². The zero-order chi connectivity index (χ0) is 12.5. The molecule has 0 fully saturated rings. The molecule has 3 heteroatoms. The zero-order valence-corrected chi connectivity index (χ0v) is 11.7. The summed E-state index contributed by atoms with van der Waals surface area (Å²) in [5.41, 5.74) is 3.74. The molecule has 2 nitrogen and oxygen atoms in total. The fraction of sp³-hybridized carbons (Fsp3) is 0.0667. The van der Waals surface area contributed by atoms with Crippen molar-refractivity contribution < 1.29 is 4.79 Å². The van der Waals surface area contributed by atoms with Crippen molar-refractivity contribution in [2.75, 3.05) is 0 Å². The molecule has 1 amide bonds. The molecular formula is C15H10INO. The van der Waals surface area contributed by atoms with E-state index in [9.17, 15) is 4.79 Å². The molecule has 3 rings (SSSR count). The van der Waals surface area contributed by atoms with Gasteiger partial charge in [0.15, 0.2) is 0 Å². The molecule has 0 radical (unpaired) electrons. The molecule has 1 aliphatic rings. The quantitative estimate of drug-likeness (QED) is 0.765. The lowest BCUT2D eigenvalue weighted by atomic mass is 10.0. The lowest BCUT2D eigenvalue weighted by Crippen LogP contribution is -2.02. The van der Waals surface area contributed by atoms with Gasteiger partial charge in [-0.15, -0.1) is 0 Å². The van der Waals surface area contributed by atoms with Crippen molar-refractivity contribution in [1.82, 2.24) is 0 Å². The van der Waals surface area contributed by atoms with Crippen molar-refractivity contribution in [2.45, 2.75) is 6.42 Å². The van der Waals surface area contributed by atoms with Crippen molar-refractivity contribution in [1.29, 1.82) is 0 Å². The Morgan fingerprint density at radius 3 is 2.33 bits per heavy atom. The van der Waals surface area contributed by atoms with Crippen LogP contribution in [0.3, 0.4) is 0 Å². The number of rotatable bonds is 2. The highest BCUT2D eigenvalue weighted by Gasteiger charge is 2.22. The molecule has 0 aliphatic carbocycles. The van der Waals surface area contributed by atoms with Crippen LogP contribution in [0.5, 0.6) is 0 Å². The lowest BCUT2D eigenvalue weighted by molar-refractivity contribution is 0.101. The molecule has 0 bridgehead atoms.